The molecule has 2 rings (SSSR count). The Morgan fingerprint density at radius 3 is 1.61 bits per heavy atom. The van der Waals surface area contributed by atoms with Crippen molar-refractivity contribution < 1.29 is 28.5 Å². The molecule has 2 saturated heterocycles. The summed E-state index contributed by atoms with van der Waals surface area (Å²) in [6.45, 7) is 7.88. The summed E-state index contributed by atoms with van der Waals surface area (Å²) < 4.78 is 20.7. The van der Waals surface area contributed by atoms with Crippen LogP contribution in [-0.2, 0) is 18.9 Å². The van der Waals surface area contributed by atoms with Gasteiger partial charge in [0.2, 0.25) is 0 Å². The molecule has 10 heteroatoms. The van der Waals surface area contributed by atoms with Crippen molar-refractivity contribution in [2.75, 3.05) is 79.2 Å². The number of ether oxygens (including phenoxy) is 4. The van der Waals surface area contributed by atoms with Crippen molar-refractivity contribution in [2.45, 2.75) is 25.7 Å². The highest BCUT2D eigenvalue weighted by atomic mass is 16.6. The van der Waals surface area contributed by atoms with Crippen LogP contribution in [0.1, 0.15) is 25.7 Å². The second-order valence-electron chi connectivity index (χ2n) is 6.85. The van der Waals surface area contributed by atoms with Crippen LogP contribution in [0.3, 0.4) is 0 Å². The predicted octanol–water partition coefficient (Wildman–Crippen LogP) is 0.579. The van der Waals surface area contributed by atoms with Gasteiger partial charge in [0.05, 0.1) is 26.7 Å². The van der Waals surface area contributed by atoms with E-state index in [0.29, 0.717) is 52.9 Å². The molecule has 0 spiro atoms. The quantitative estimate of drug-likeness (QED) is 0.432. The number of nitrogens with one attached hydrogen (secondary N) is 2. The molecule has 2 amide bonds. The van der Waals surface area contributed by atoms with Crippen molar-refractivity contribution in [3.63, 3.8) is 0 Å². The normalized spacial score (nSPS) is 17.6. The predicted molar refractivity (Wildman–Crippen MR) is 102 cm³/mol. The van der Waals surface area contributed by atoms with E-state index in [0.717, 1.165) is 52.0 Å². The largest absolute Gasteiger partial charge is 0.448 e. The molecule has 0 unspecified atom stereocenters. The van der Waals surface area contributed by atoms with Gasteiger partial charge in [-0.05, 0) is 12.8 Å². The lowest BCUT2D eigenvalue weighted by molar-refractivity contribution is 0.106. The summed E-state index contributed by atoms with van der Waals surface area (Å²) >= 11 is 0. The Labute approximate surface area is 166 Å². The van der Waals surface area contributed by atoms with Crippen molar-refractivity contribution in [1.82, 2.24) is 20.4 Å². The van der Waals surface area contributed by atoms with Gasteiger partial charge in [0, 0.05) is 39.3 Å². The maximum absolute atomic E-state index is 11.5. The lowest BCUT2D eigenvalue weighted by Gasteiger charge is -2.13. The molecule has 28 heavy (non-hydrogen) atoms. The van der Waals surface area contributed by atoms with Crippen LogP contribution in [0.5, 0.6) is 0 Å². The number of amides is 2. The Morgan fingerprint density at radius 1 is 0.750 bits per heavy atom. The summed E-state index contributed by atoms with van der Waals surface area (Å²) in [5, 5.41) is 5.50. The fourth-order valence-electron chi connectivity index (χ4n) is 2.88. The van der Waals surface area contributed by atoms with Crippen LogP contribution in [-0.4, -0.2) is 101 Å². The van der Waals surface area contributed by atoms with Crippen LogP contribution in [0.2, 0.25) is 0 Å². The third-order valence-electron chi connectivity index (χ3n) is 4.57. The van der Waals surface area contributed by atoms with Gasteiger partial charge in [-0.2, -0.15) is 0 Å². The van der Waals surface area contributed by atoms with Gasteiger partial charge in [-0.3, -0.25) is 9.80 Å². The number of unbranched alkanes of at least 4 members (excludes halogenated alkanes) is 3. The number of hydrogen-bond acceptors (Lipinski definition) is 8. The molecule has 0 aromatic rings. The van der Waals surface area contributed by atoms with Crippen molar-refractivity contribution in [2.24, 2.45) is 0 Å². The van der Waals surface area contributed by atoms with E-state index >= 15 is 0 Å². The van der Waals surface area contributed by atoms with Gasteiger partial charge in [0.15, 0.2) is 0 Å². The third-order valence-corrected chi connectivity index (χ3v) is 4.57. The lowest BCUT2D eigenvalue weighted by atomic mass is 10.2. The Hall–Kier alpha value is -1.62. The molecule has 2 N–H and O–H groups in total. The molecule has 0 saturated carbocycles. The van der Waals surface area contributed by atoms with E-state index in [9.17, 15) is 9.59 Å². The highest BCUT2D eigenvalue weighted by molar-refractivity contribution is 5.67. The molecule has 10 nitrogen and oxygen atoms in total. The van der Waals surface area contributed by atoms with Gasteiger partial charge in [0.25, 0.3) is 0 Å². The number of alkyl carbamates (subject to hydrolysis) is 2. The first-order chi connectivity index (χ1) is 13.7. The molecule has 2 fully saturated rings. The molecule has 2 aliphatic heterocycles. The number of carbonyl (C=O) groups excluding carboxylic acids is 2. The SMILES string of the molecule is O=C(NCCCCCCNC(=O)OCCN1CCOC1)OCCN1CCOC1. The van der Waals surface area contributed by atoms with E-state index < -0.39 is 0 Å². The summed E-state index contributed by atoms with van der Waals surface area (Å²) in [5.41, 5.74) is 0. The van der Waals surface area contributed by atoms with Crippen LogP contribution in [0, 0.1) is 0 Å². The van der Waals surface area contributed by atoms with E-state index in [4.69, 9.17) is 18.9 Å². The minimum atomic E-state index is -0.370. The number of carbonyl (C=O) groups is 2. The number of nitrogens with zero attached hydrogens (tertiary/aromatic N) is 2. The maximum Gasteiger partial charge on any atom is 0.407 e. The van der Waals surface area contributed by atoms with Gasteiger partial charge in [0.1, 0.15) is 13.2 Å². The maximum atomic E-state index is 11.5. The first kappa shape index (κ1) is 22.7. The molecule has 0 aromatic heterocycles. The molecule has 0 aromatic carbocycles. The average molecular weight is 402 g/mol. The van der Waals surface area contributed by atoms with Crippen molar-refractivity contribution in [3.8, 4) is 0 Å². The van der Waals surface area contributed by atoms with Gasteiger partial charge in [-0.25, -0.2) is 9.59 Å². The molecule has 0 bridgehead atoms. The zero-order valence-corrected chi connectivity index (χ0v) is 16.7. The minimum absolute atomic E-state index is 0.370. The monoisotopic (exact) mass is 402 g/mol. The van der Waals surface area contributed by atoms with Crippen molar-refractivity contribution >= 4 is 12.2 Å². The first-order valence-corrected chi connectivity index (χ1v) is 10.2. The first-order valence-electron chi connectivity index (χ1n) is 10.2. The summed E-state index contributed by atoms with van der Waals surface area (Å²) in [4.78, 5) is 27.3. The Kier molecular flexibility index (Phi) is 11.6. The fourth-order valence-corrected chi connectivity index (χ4v) is 2.88. The molecular weight excluding hydrogens is 368 g/mol. The molecule has 0 radical (unpaired) electrons. The second-order valence-corrected chi connectivity index (χ2v) is 6.85. The van der Waals surface area contributed by atoms with Crippen molar-refractivity contribution in [3.05, 3.63) is 0 Å². The number of hydrogen-bond donors (Lipinski definition) is 2. The number of rotatable bonds is 13. The zero-order chi connectivity index (χ0) is 19.9. The molecule has 2 heterocycles. The Bertz CT molecular complexity index is 402. The molecule has 0 atom stereocenters. The van der Waals surface area contributed by atoms with E-state index in [1.165, 1.54) is 0 Å². The summed E-state index contributed by atoms with van der Waals surface area (Å²) in [6.07, 6.45) is 3.00. The van der Waals surface area contributed by atoms with Gasteiger partial charge < -0.3 is 29.6 Å². The average Bonchev–Trinajstić information content (AvgIpc) is 3.38. The zero-order valence-electron chi connectivity index (χ0n) is 16.7. The summed E-state index contributed by atoms with van der Waals surface area (Å²) in [7, 11) is 0. The molecule has 0 aliphatic carbocycles. The smallest absolute Gasteiger partial charge is 0.407 e. The van der Waals surface area contributed by atoms with E-state index in [1.54, 1.807) is 0 Å². The fraction of sp³-hybridized carbons (Fsp3) is 0.889. The van der Waals surface area contributed by atoms with Gasteiger partial charge >= 0.3 is 12.2 Å². The van der Waals surface area contributed by atoms with Crippen LogP contribution >= 0.6 is 0 Å². The molecule has 2 aliphatic rings. The highest BCUT2D eigenvalue weighted by Crippen LogP contribution is 2.00. The van der Waals surface area contributed by atoms with Gasteiger partial charge in [-0.15, -0.1) is 0 Å². The lowest BCUT2D eigenvalue weighted by Crippen LogP contribution is -2.30. The third kappa shape index (κ3) is 10.6. The van der Waals surface area contributed by atoms with Crippen LogP contribution in [0.15, 0.2) is 0 Å². The van der Waals surface area contributed by atoms with Crippen LogP contribution < -0.4 is 10.6 Å². The summed E-state index contributed by atoms with van der Waals surface area (Å²) in [5.74, 6) is 0. The second kappa shape index (κ2) is 14.4. The Balaban J connectivity index is 1.29. The summed E-state index contributed by atoms with van der Waals surface area (Å²) in [6, 6.07) is 0. The van der Waals surface area contributed by atoms with Crippen molar-refractivity contribution in [1.29, 1.82) is 0 Å². The van der Waals surface area contributed by atoms with E-state index in [2.05, 4.69) is 20.4 Å². The topological polar surface area (TPSA) is 102 Å². The molecular formula is C18H34N4O6. The van der Waals surface area contributed by atoms with E-state index in [-0.39, 0.29) is 12.2 Å². The minimum Gasteiger partial charge on any atom is -0.448 e. The van der Waals surface area contributed by atoms with Crippen LogP contribution in [0.25, 0.3) is 0 Å². The molecule has 162 valence electrons. The Morgan fingerprint density at radius 2 is 1.21 bits per heavy atom. The van der Waals surface area contributed by atoms with Crippen LogP contribution in [0.4, 0.5) is 9.59 Å². The standard InChI is InChI=1S/C18H34N4O6/c23-17(27-13-9-21-7-11-25-15-21)19-5-3-1-2-4-6-20-18(24)28-14-10-22-8-12-26-16-22/h1-16H2,(H,19,23)(H,20,24). The van der Waals surface area contributed by atoms with E-state index in [1.807, 2.05) is 0 Å². The highest BCUT2D eigenvalue weighted by Gasteiger charge is 2.13. The van der Waals surface area contributed by atoms with Gasteiger partial charge in [-0.1, -0.05) is 12.8 Å².